The molecule has 3 saturated heterocycles. The van der Waals surface area contributed by atoms with Gasteiger partial charge in [-0.1, -0.05) is 0 Å². The molecule has 3 rings (SSSR count). The lowest BCUT2D eigenvalue weighted by Crippen LogP contribution is -2.60. The van der Waals surface area contributed by atoms with Crippen molar-refractivity contribution in [3.8, 4) is 0 Å². The van der Waals surface area contributed by atoms with E-state index in [0.717, 1.165) is 0 Å². The Morgan fingerprint density at radius 2 is 1.78 bits per heavy atom. The number of fused-ring (bicyclic) bond motifs is 3. The molecular weight excluding hydrogens is 240 g/mol. The second-order valence-corrected chi connectivity index (χ2v) is 5.96. The molecule has 0 radical (unpaired) electrons. The summed E-state index contributed by atoms with van der Waals surface area (Å²) in [6.07, 6.45) is -0.970. The Balaban J connectivity index is 1.90. The number of aliphatic hydroxyl groups excluding tert-OH is 1. The minimum absolute atomic E-state index is 0.192. The van der Waals surface area contributed by atoms with Crippen LogP contribution in [-0.4, -0.2) is 54.0 Å². The van der Waals surface area contributed by atoms with Crippen LogP contribution >= 0.6 is 0 Å². The molecule has 0 aromatic heterocycles. The molecule has 0 aromatic carbocycles. The van der Waals surface area contributed by atoms with Crippen LogP contribution in [0.15, 0.2) is 0 Å². The predicted molar refractivity (Wildman–Crippen MR) is 59.6 cm³/mol. The first-order chi connectivity index (χ1) is 8.27. The van der Waals surface area contributed by atoms with E-state index in [1.54, 1.807) is 13.8 Å². The lowest BCUT2D eigenvalue weighted by molar-refractivity contribution is -0.294. The van der Waals surface area contributed by atoms with Gasteiger partial charge in [-0.2, -0.15) is 0 Å². The number of ether oxygens (including phenoxy) is 5. The van der Waals surface area contributed by atoms with Gasteiger partial charge in [0.2, 0.25) is 5.79 Å². The maximum absolute atomic E-state index is 9.61. The van der Waals surface area contributed by atoms with Gasteiger partial charge in [0.25, 0.3) is 0 Å². The standard InChI is InChI=1S/C12H20O6/c1-10(2)15-7-5-14-12(6-13)9(8(7)16-10)17-11(3,4)18-12/h7-9,13H,5-6H2,1-4H3/t7-,8+,9+,12-/m0/s1. The van der Waals surface area contributed by atoms with Crippen LogP contribution in [0.3, 0.4) is 0 Å². The number of hydrogen-bond donors (Lipinski definition) is 1. The lowest BCUT2D eigenvalue weighted by atomic mass is 9.98. The second kappa shape index (κ2) is 3.65. The Morgan fingerprint density at radius 3 is 2.44 bits per heavy atom. The van der Waals surface area contributed by atoms with Crippen molar-refractivity contribution < 1.29 is 28.8 Å². The van der Waals surface area contributed by atoms with Gasteiger partial charge in [-0.3, -0.25) is 0 Å². The topological polar surface area (TPSA) is 66.4 Å². The SMILES string of the molecule is CC1(C)O[C@@H]2[C@H](CO[C@@]3(CO)OC(C)(C)O[C@H]23)O1. The normalized spacial score (nSPS) is 48.8. The molecule has 1 N–H and O–H groups in total. The number of rotatable bonds is 1. The van der Waals surface area contributed by atoms with Crippen LogP contribution in [0, 0.1) is 0 Å². The summed E-state index contributed by atoms with van der Waals surface area (Å²) in [6, 6.07) is 0. The van der Waals surface area contributed by atoms with Crippen molar-refractivity contribution in [2.24, 2.45) is 0 Å². The van der Waals surface area contributed by atoms with E-state index in [9.17, 15) is 5.11 Å². The smallest absolute Gasteiger partial charge is 0.224 e. The zero-order chi connectivity index (χ0) is 13.2. The highest BCUT2D eigenvalue weighted by atomic mass is 16.9. The van der Waals surface area contributed by atoms with Crippen LogP contribution < -0.4 is 0 Å². The van der Waals surface area contributed by atoms with Gasteiger partial charge < -0.3 is 28.8 Å². The number of aliphatic hydroxyl groups is 1. The Bertz CT molecular complexity index is 354. The van der Waals surface area contributed by atoms with Crippen molar-refractivity contribution in [2.45, 2.75) is 63.4 Å². The van der Waals surface area contributed by atoms with Crippen LogP contribution in [0.1, 0.15) is 27.7 Å². The Labute approximate surface area is 106 Å². The fourth-order valence-electron chi connectivity index (χ4n) is 2.96. The molecule has 0 amide bonds. The maximum Gasteiger partial charge on any atom is 0.224 e. The first-order valence-electron chi connectivity index (χ1n) is 6.25. The molecule has 0 aliphatic carbocycles. The highest BCUT2D eigenvalue weighted by Crippen LogP contribution is 2.47. The van der Waals surface area contributed by atoms with Gasteiger partial charge in [-0.25, -0.2) is 0 Å². The van der Waals surface area contributed by atoms with E-state index in [1.165, 1.54) is 0 Å². The lowest BCUT2D eigenvalue weighted by Gasteiger charge is -2.39. The predicted octanol–water partition coefficient (Wildman–Crippen LogP) is 0.377. The summed E-state index contributed by atoms with van der Waals surface area (Å²) in [7, 11) is 0. The molecule has 0 spiro atoms. The minimum atomic E-state index is -1.14. The molecule has 0 saturated carbocycles. The molecule has 0 unspecified atom stereocenters. The van der Waals surface area contributed by atoms with E-state index in [4.69, 9.17) is 23.7 Å². The monoisotopic (exact) mass is 260 g/mol. The summed E-state index contributed by atoms with van der Waals surface area (Å²) in [4.78, 5) is 0. The van der Waals surface area contributed by atoms with Gasteiger partial charge in [0.15, 0.2) is 11.6 Å². The zero-order valence-electron chi connectivity index (χ0n) is 11.1. The highest BCUT2D eigenvalue weighted by molar-refractivity contribution is 5.03. The molecular formula is C12H20O6. The van der Waals surface area contributed by atoms with Gasteiger partial charge in [-0.15, -0.1) is 0 Å². The van der Waals surface area contributed by atoms with Crippen LogP contribution in [0.2, 0.25) is 0 Å². The molecule has 18 heavy (non-hydrogen) atoms. The first kappa shape index (κ1) is 12.8. The van der Waals surface area contributed by atoms with E-state index < -0.39 is 23.5 Å². The molecule has 3 aliphatic heterocycles. The van der Waals surface area contributed by atoms with E-state index in [0.29, 0.717) is 6.61 Å². The van der Waals surface area contributed by atoms with E-state index in [1.807, 2.05) is 13.8 Å². The van der Waals surface area contributed by atoms with Gasteiger partial charge in [0.05, 0.1) is 6.61 Å². The van der Waals surface area contributed by atoms with Crippen molar-refractivity contribution in [2.75, 3.05) is 13.2 Å². The summed E-state index contributed by atoms with van der Waals surface area (Å²) >= 11 is 0. The number of hydrogen-bond acceptors (Lipinski definition) is 6. The average molecular weight is 260 g/mol. The fraction of sp³-hybridized carbons (Fsp3) is 1.00. The average Bonchev–Trinajstić information content (AvgIpc) is 2.70. The third-order valence-electron chi connectivity index (χ3n) is 3.50. The van der Waals surface area contributed by atoms with Crippen LogP contribution in [0.25, 0.3) is 0 Å². The molecule has 3 heterocycles. The van der Waals surface area contributed by atoms with Crippen LogP contribution in [-0.2, 0) is 23.7 Å². The first-order valence-corrected chi connectivity index (χ1v) is 6.25. The van der Waals surface area contributed by atoms with Crippen molar-refractivity contribution in [3.63, 3.8) is 0 Å². The summed E-state index contributed by atoms with van der Waals surface area (Å²) in [5.41, 5.74) is 0. The maximum atomic E-state index is 9.61. The summed E-state index contributed by atoms with van der Waals surface area (Å²) in [6.45, 7) is 7.35. The molecule has 104 valence electrons. The Hall–Kier alpha value is -0.240. The molecule has 3 fully saturated rings. The highest BCUT2D eigenvalue weighted by Gasteiger charge is 2.65. The van der Waals surface area contributed by atoms with Crippen LogP contribution in [0.4, 0.5) is 0 Å². The Morgan fingerprint density at radius 1 is 1.06 bits per heavy atom. The van der Waals surface area contributed by atoms with E-state index in [2.05, 4.69) is 0 Å². The summed E-state index contributed by atoms with van der Waals surface area (Å²) in [5, 5.41) is 9.61. The quantitative estimate of drug-likeness (QED) is 0.735. The second-order valence-electron chi connectivity index (χ2n) is 5.96. The van der Waals surface area contributed by atoms with Gasteiger partial charge in [-0.05, 0) is 27.7 Å². The third-order valence-corrected chi connectivity index (χ3v) is 3.50. The van der Waals surface area contributed by atoms with Crippen molar-refractivity contribution >= 4 is 0 Å². The molecule has 6 heteroatoms. The summed E-state index contributed by atoms with van der Waals surface area (Å²) in [5.74, 6) is -2.62. The molecule has 4 atom stereocenters. The zero-order valence-corrected chi connectivity index (χ0v) is 11.1. The third kappa shape index (κ3) is 1.79. The van der Waals surface area contributed by atoms with Gasteiger partial charge >= 0.3 is 0 Å². The fourth-order valence-corrected chi connectivity index (χ4v) is 2.96. The van der Waals surface area contributed by atoms with Gasteiger partial charge in [0, 0.05) is 0 Å². The van der Waals surface area contributed by atoms with E-state index in [-0.39, 0.29) is 18.8 Å². The van der Waals surface area contributed by atoms with Crippen molar-refractivity contribution in [3.05, 3.63) is 0 Å². The van der Waals surface area contributed by atoms with Crippen LogP contribution in [0.5, 0.6) is 0 Å². The molecule has 0 aromatic rings. The molecule has 6 nitrogen and oxygen atoms in total. The van der Waals surface area contributed by atoms with Crippen molar-refractivity contribution in [1.29, 1.82) is 0 Å². The van der Waals surface area contributed by atoms with Crippen molar-refractivity contribution in [1.82, 2.24) is 0 Å². The largest absolute Gasteiger partial charge is 0.391 e. The van der Waals surface area contributed by atoms with Gasteiger partial charge in [0.1, 0.15) is 24.9 Å². The molecule has 0 bridgehead atoms. The summed E-state index contributed by atoms with van der Waals surface area (Å²) < 4.78 is 28.9. The minimum Gasteiger partial charge on any atom is -0.391 e. The Kier molecular flexibility index (Phi) is 2.59. The van der Waals surface area contributed by atoms with E-state index >= 15 is 0 Å². The molecule has 3 aliphatic rings.